The maximum absolute atomic E-state index is 12.7. The second-order valence-corrected chi connectivity index (χ2v) is 5.33. The van der Waals surface area contributed by atoms with Gasteiger partial charge in [0.1, 0.15) is 29.2 Å². The van der Waals surface area contributed by atoms with Crippen molar-refractivity contribution in [1.82, 2.24) is 19.9 Å². The van der Waals surface area contributed by atoms with Crippen LogP contribution >= 0.6 is 11.6 Å². The zero-order valence-corrected chi connectivity index (χ0v) is 12.4. The summed E-state index contributed by atoms with van der Waals surface area (Å²) in [7, 11) is 0. The molecule has 0 fully saturated rings. The molecule has 0 saturated heterocycles. The standard InChI is InChI=1S/C14H12ClN5O2/c1-3-14(2)19-12(21)11-8(15)6-9(13(22)20(11)14)18-10-4-5-16-7-17-10/h3-7H,1H2,2H3,(H,19,21)(H,16,17,18). The van der Waals surface area contributed by atoms with Crippen LogP contribution in [-0.4, -0.2) is 20.4 Å². The molecule has 7 nitrogen and oxygen atoms in total. The minimum atomic E-state index is -1.03. The van der Waals surface area contributed by atoms with Gasteiger partial charge >= 0.3 is 0 Å². The van der Waals surface area contributed by atoms with Crippen LogP contribution in [0.1, 0.15) is 17.4 Å². The van der Waals surface area contributed by atoms with Crippen LogP contribution in [0.5, 0.6) is 0 Å². The zero-order valence-electron chi connectivity index (χ0n) is 11.6. The summed E-state index contributed by atoms with van der Waals surface area (Å²) in [6.45, 7) is 5.34. The van der Waals surface area contributed by atoms with Gasteiger partial charge in [-0.2, -0.15) is 0 Å². The van der Waals surface area contributed by atoms with Gasteiger partial charge in [-0.05, 0) is 25.1 Å². The molecular formula is C14H12ClN5O2. The molecule has 1 atom stereocenters. The van der Waals surface area contributed by atoms with Gasteiger partial charge < -0.3 is 10.6 Å². The highest BCUT2D eigenvalue weighted by Crippen LogP contribution is 2.29. The van der Waals surface area contributed by atoms with Crippen LogP contribution < -0.4 is 16.2 Å². The van der Waals surface area contributed by atoms with Crippen LogP contribution in [0.4, 0.5) is 11.5 Å². The summed E-state index contributed by atoms with van der Waals surface area (Å²) in [5.74, 6) is 0.0272. The van der Waals surface area contributed by atoms with E-state index in [-0.39, 0.29) is 16.4 Å². The zero-order chi connectivity index (χ0) is 15.9. The number of fused-ring (bicyclic) bond motifs is 1. The molecule has 0 aromatic carbocycles. The normalized spacial score (nSPS) is 19.5. The van der Waals surface area contributed by atoms with Crippen LogP contribution in [0.15, 0.2) is 42.1 Å². The number of amides is 1. The Morgan fingerprint density at radius 1 is 1.50 bits per heavy atom. The summed E-state index contributed by atoms with van der Waals surface area (Å²) in [5, 5.41) is 5.73. The van der Waals surface area contributed by atoms with E-state index in [0.717, 1.165) is 0 Å². The molecule has 0 spiro atoms. The van der Waals surface area contributed by atoms with Gasteiger partial charge in [0.25, 0.3) is 11.5 Å². The fourth-order valence-electron chi connectivity index (χ4n) is 2.32. The number of anilines is 2. The topological polar surface area (TPSA) is 88.9 Å². The molecule has 22 heavy (non-hydrogen) atoms. The lowest BCUT2D eigenvalue weighted by Gasteiger charge is -2.23. The Labute approximate surface area is 130 Å². The van der Waals surface area contributed by atoms with E-state index in [2.05, 4.69) is 27.2 Å². The minimum absolute atomic E-state index is 0.113. The molecule has 0 saturated carbocycles. The number of rotatable bonds is 3. The van der Waals surface area contributed by atoms with E-state index in [4.69, 9.17) is 11.6 Å². The largest absolute Gasteiger partial charge is 0.336 e. The lowest BCUT2D eigenvalue weighted by molar-refractivity contribution is 0.0944. The molecule has 112 valence electrons. The van der Waals surface area contributed by atoms with E-state index in [0.29, 0.717) is 5.82 Å². The van der Waals surface area contributed by atoms with Crippen molar-refractivity contribution in [3.05, 3.63) is 58.4 Å². The molecule has 2 aromatic heterocycles. The third-order valence-electron chi connectivity index (χ3n) is 3.44. The summed E-state index contributed by atoms with van der Waals surface area (Å²) in [4.78, 5) is 32.5. The van der Waals surface area contributed by atoms with Gasteiger partial charge in [0.15, 0.2) is 0 Å². The maximum Gasteiger partial charge on any atom is 0.277 e. The smallest absolute Gasteiger partial charge is 0.277 e. The number of nitrogens with zero attached hydrogens (tertiary/aromatic N) is 3. The molecule has 0 bridgehead atoms. The Morgan fingerprint density at radius 3 is 2.91 bits per heavy atom. The summed E-state index contributed by atoms with van der Waals surface area (Å²) >= 11 is 6.16. The van der Waals surface area contributed by atoms with E-state index >= 15 is 0 Å². The van der Waals surface area contributed by atoms with Crippen LogP contribution in [-0.2, 0) is 5.66 Å². The highest BCUT2D eigenvalue weighted by atomic mass is 35.5. The highest BCUT2D eigenvalue weighted by molar-refractivity contribution is 6.34. The maximum atomic E-state index is 12.7. The number of pyridine rings is 1. The number of carbonyl (C=O) groups excluding carboxylic acids is 1. The first-order valence-corrected chi connectivity index (χ1v) is 6.79. The molecule has 1 amide bonds. The van der Waals surface area contributed by atoms with Crippen LogP contribution in [0.3, 0.4) is 0 Å². The van der Waals surface area contributed by atoms with Crippen molar-refractivity contribution in [2.75, 3.05) is 5.32 Å². The van der Waals surface area contributed by atoms with Crippen LogP contribution in [0, 0.1) is 0 Å². The van der Waals surface area contributed by atoms with E-state index in [9.17, 15) is 9.59 Å². The van der Waals surface area contributed by atoms with Gasteiger partial charge in [0.2, 0.25) is 0 Å². The van der Waals surface area contributed by atoms with Crippen molar-refractivity contribution in [3.63, 3.8) is 0 Å². The molecule has 0 aliphatic carbocycles. The Balaban J connectivity index is 2.19. The Hall–Kier alpha value is -2.67. The predicted molar refractivity (Wildman–Crippen MR) is 82.3 cm³/mol. The monoisotopic (exact) mass is 317 g/mol. The fraction of sp³-hybridized carbons (Fsp3) is 0.143. The molecule has 1 aliphatic heterocycles. The molecule has 2 N–H and O–H groups in total. The molecule has 3 rings (SSSR count). The first-order chi connectivity index (χ1) is 10.5. The molecule has 8 heteroatoms. The number of nitrogens with one attached hydrogen (secondary N) is 2. The summed E-state index contributed by atoms with van der Waals surface area (Å²) < 4.78 is 1.29. The van der Waals surface area contributed by atoms with Crippen molar-refractivity contribution in [2.24, 2.45) is 0 Å². The highest BCUT2D eigenvalue weighted by Gasteiger charge is 2.39. The summed E-state index contributed by atoms with van der Waals surface area (Å²) in [6, 6.07) is 3.02. The van der Waals surface area contributed by atoms with Crippen molar-refractivity contribution < 1.29 is 4.79 Å². The van der Waals surface area contributed by atoms with Crippen LogP contribution in [0.2, 0.25) is 5.02 Å². The van der Waals surface area contributed by atoms with Crippen molar-refractivity contribution in [1.29, 1.82) is 0 Å². The van der Waals surface area contributed by atoms with Gasteiger partial charge in [0, 0.05) is 6.20 Å². The van der Waals surface area contributed by atoms with Crippen LogP contribution in [0.25, 0.3) is 0 Å². The average Bonchev–Trinajstić information content (AvgIpc) is 2.78. The summed E-state index contributed by atoms with van der Waals surface area (Å²) in [6.07, 6.45) is 4.38. The van der Waals surface area contributed by atoms with Gasteiger partial charge in [0.05, 0.1) is 5.02 Å². The van der Waals surface area contributed by atoms with Gasteiger partial charge in [-0.25, -0.2) is 9.97 Å². The Bertz CT molecular complexity index is 833. The van der Waals surface area contributed by atoms with E-state index in [1.165, 1.54) is 23.0 Å². The second kappa shape index (κ2) is 4.96. The number of carbonyl (C=O) groups is 1. The predicted octanol–water partition coefficient (Wildman–Crippen LogP) is 1.64. The van der Waals surface area contributed by atoms with Gasteiger partial charge in [-0.15, -0.1) is 0 Å². The van der Waals surface area contributed by atoms with E-state index < -0.39 is 17.1 Å². The van der Waals surface area contributed by atoms with Gasteiger partial charge in [-0.1, -0.05) is 18.2 Å². The van der Waals surface area contributed by atoms with E-state index in [1.54, 1.807) is 19.2 Å². The van der Waals surface area contributed by atoms with Gasteiger partial charge in [-0.3, -0.25) is 14.2 Å². The molecule has 3 heterocycles. The molecular weight excluding hydrogens is 306 g/mol. The minimum Gasteiger partial charge on any atom is -0.336 e. The average molecular weight is 318 g/mol. The number of hydrogen-bond donors (Lipinski definition) is 2. The van der Waals surface area contributed by atoms with Crippen molar-refractivity contribution in [3.8, 4) is 0 Å². The van der Waals surface area contributed by atoms with E-state index in [1.807, 2.05) is 0 Å². The number of aromatic nitrogens is 3. The quantitative estimate of drug-likeness (QED) is 0.840. The third kappa shape index (κ3) is 2.06. The second-order valence-electron chi connectivity index (χ2n) is 4.92. The first-order valence-electron chi connectivity index (χ1n) is 6.41. The van der Waals surface area contributed by atoms with Crippen molar-refractivity contribution in [2.45, 2.75) is 12.6 Å². The van der Waals surface area contributed by atoms with Crippen molar-refractivity contribution >= 4 is 29.0 Å². The number of hydrogen-bond acceptors (Lipinski definition) is 5. The SMILES string of the molecule is C=CC1(C)NC(=O)c2c(Cl)cc(Nc3ccncn3)c(=O)n21. The fourth-order valence-corrected chi connectivity index (χ4v) is 2.60. The Morgan fingerprint density at radius 2 is 2.27 bits per heavy atom. The molecule has 0 radical (unpaired) electrons. The lowest BCUT2D eigenvalue weighted by atomic mass is 10.2. The molecule has 1 aliphatic rings. The first kappa shape index (κ1) is 14.3. The lowest BCUT2D eigenvalue weighted by Crippen LogP contribution is -2.43. The summed E-state index contributed by atoms with van der Waals surface area (Å²) in [5.41, 5.74) is -1.12. The molecule has 1 unspecified atom stereocenters. The third-order valence-corrected chi connectivity index (χ3v) is 3.73. The Kier molecular flexibility index (Phi) is 3.22. The number of halogens is 1. The molecule has 2 aromatic rings.